The molecule has 0 radical (unpaired) electrons. The molecule has 4 aromatic rings. The van der Waals surface area contributed by atoms with Crippen molar-refractivity contribution in [3.05, 3.63) is 66.4 Å². The Balaban J connectivity index is 1.12. The van der Waals surface area contributed by atoms with Crippen LogP contribution in [0.5, 0.6) is 0 Å². The molecular weight excluding hydrogens is 458 g/mol. The number of piperazine rings is 1. The molecule has 2 aromatic heterocycles. The molecule has 0 aliphatic carbocycles. The Hall–Kier alpha value is -3.37. The quantitative estimate of drug-likeness (QED) is 0.418. The monoisotopic (exact) mass is 479 g/mol. The van der Waals surface area contributed by atoms with Crippen LogP contribution in [0.4, 0.5) is 10.8 Å². The molecule has 2 aromatic carbocycles. The molecule has 1 aliphatic heterocycles. The first kappa shape index (κ1) is 21.5. The fraction of sp³-hybridized carbons (Fsp3) is 0.217. The van der Waals surface area contributed by atoms with Crippen molar-refractivity contribution in [1.82, 2.24) is 15.1 Å². The zero-order valence-corrected chi connectivity index (χ0v) is 19.3. The van der Waals surface area contributed by atoms with E-state index in [0.717, 1.165) is 26.1 Å². The van der Waals surface area contributed by atoms with Crippen LogP contribution in [0, 0.1) is 0 Å². The summed E-state index contributed by atoms with van der Waals surface area (Å²) in [5.41, 5.74) is 1.49. The number of nitrogens with one attached hydrogen (secondary N) is 1. The van der Waals surface area contributed by atoms with E-state index in [-0.39, 0.29) is 17.6 Å². The van der Waals surface area contributed by atoms with Crippen molar-refractivity contribution in [3.8, 4) is 0 Å². The van der Waals surface area contributed by atoms with Gasteiger partial charge in [-0.05, 0) is 24.3 Å². The van der Waals surface area contributed by atoms with Crippen molar-refractivity contribution in [2.45, 2.75) is 4.34 Å². The van der Waals surface area contributed by atoms with Crippen molar-refractivity contribution in [3.63, 3.8) is 0 Å². The summed E-state index contributed by atoms with van der Waals surface area (Å²) in [6, 6.07) is 18.8. The molecule has 5 rings (SSSR count). The van der Waals surface area contributed by atoms with Gasteiger partial charge in [0.2, 0.25) is 11.0 Å². The summed E-state index contributed by atoms with van der Waals surface area (Å²) >= 11 is 2.83. The number of benzene rings is 2. The van der Waals surface area contributed by atoms with Crippen LogP contribution >= 0.6 is 23.1 Å². The van der Waals surface area contributed by atoms with Gasteiger partial charge in [0.1, 0.15) is 5.58 Å². The molecule has 1 saturated heterocycles. The molecule has 10 heteroatoms. The van der Waals surface area contributed by atoms with E-state index in [1.54, 1.807) is 11.0 Å². The van der Waals surface area contributed by atoms with Gasteiger partial charge >= 0.3 is 0 Å². The molecule has 0 spiro atoms. The van der Waals surface area contributed by atoms with Crippen LogP contribution < -0.4 is 10.2 Å². The average Bonchev–Trinajstić information content (AvgIpc) is 3.50. The summed E-state index contributed by atoms with van der Waals surface area (Å²) in [5, 5.41) is 13.1. The van der Waals surface area contributed by atoms with Gasteiger partial charge in [-0.25, -0.2) is 0 Å². The zero-order valence-electron chi connectivity index (χ0n) is 17.6. The highest BCUT2D eigenvalue weighted by molar-refractivity contribution is 8.01. The number of rotatable bonds is 6. The van der Waals surface area contributed by atoms with Gasteiger partial charge in [0.05, 0.1) is 5.75 Å². The second-order valence-electron chi connectivity index (χ2n) is 7.48. The van der Waals surface area contributed by atoms with E-state index in [2.05, 4.69) is 20.4 Å². The zero-order chi connectivity index (χ0) is 22.6. The number of thioether (sulfide) groups is 1. The summed E-state index contributed by atoms with van der Waals surface area (Å²) in [4.78, 5) is 28.9. The molecule has 0 saturated carbocycles. The van der Waals surface area contributed by atoms with Crippen LogP contribution in [-0.4, -0.2) is 58.8 Å². The van der Waals surface area contributed by atoms with Crippen LogP contribution in [0.1, 0.15) is 10.6 Å². The maximum absolute atomic E-state index is 12.8. The Morgan fingerprint density at radius 1 is 1.00 bits per heavy atom. The largest absolute Gasteiger partial charge is 0.451 e. The molecule has 8 nitrogen and oxygen atoms in total. The van der Waals surface area contributed by atoms with Crippen LogP contribution in [0.2, 0.25) is 0 Å². The molecule has 2 amide bonds. The smallest absolute Gasteiger partial charge is 0.289 e. The predicted molar refractivity (Wildman–Crippen MR) is 130 cm³/mol. The Kier molecular flexibility index (Phi) is 6.27. The first-order chi connectivity index (χ1) is 16.2. The topological polar surface area (TPSA) is 91.6 Å². The lowest BCUT2D eigenvalue weighted by molar-refractivity contribution is -0.113. The number of aromatic nitrogens is 2. The molecular formula is C23H21N5O3S2. The number of hydrogen-bond acceptors (Lipinski definition) is 8. The minimum Gasteiger partial charge on any atom is -0.451 e. The van der Waals surface area contributed by atoms with Gasteiger partial charge in [0.25, 0.3) is 5.91 Å². The normalized spacial score (nSPS) is 13.9. The molecule has 168 valence electrons. The first-order valence-electron chi connectivity index (χ1n) is 10.5. The van der Waals surface area contributed by atoms with Crippen molar-refractivity contribution in [1.29, 1.82) is 0 Å². The van der Waals surface area contributed by atoms with Gasteiger partial charge in [-0.1, -0.05) is 59.5 Å². The third kappa shape index (κ3) is 5.01. The van der Waals surface area contributed by atoms with Gasteiger partial charge in [-0.15, -0.1) is 10.2 Å². The highest BCUT2D eigenvalue weighted by Crippen LogP contribution is 2.29. The molecule has 3 heterocycles. The summed E-state index contributed by atoms with van der Waals surface area (Å²) < 4.78 is 6.47. The fourth-order valence-electron chi connectivity index (χ4n) is 3.58. The molecule has 0 atom stereocenters. The number of carbonyl (C=O) groups is 2. The van der Waals surface area contributed by atoms with Crippen LogP contribution in [0.3, 0.4) is 0 Å². The van der Waals surface area contributed by atoms with Crippen molar-refractivity contribution >= 4 is 56.7 Å². The summed E-state index contributed by atoms with van der Waals surface area (Å²) in [6.45, 7) is 2.49. The van der Waals surface area contributed by atoms with Crippen molar-refractivity contribution < 1.29 is 14.0 Å². The number of hydrogen-bond donors (Lipinski definition) is 1. The molecule has 0 bridgehead atoms. The second-order valence-corrected chi connectivity index (χ2v) is 9.66. The van der Waals surface area contributed by atoms with E-state index < -0.39 is 0 Å². The minimum absolute atomic E-state index is 0.0827. The first-order valence-corrected chi connectivity index (χ1v) is 12.3. The summed E-state index contributed by atoms with van der Waals surface area (Å²) in [7, 11) is 0. The van der Waals surface area contributed by atoms with Crippen LogP contribution in [0.15, 0.2) is 69.4 Å². The molecule has 1 N–H and O–H groups in total. The Labute approximate surface area is 198 Å². The molecule has 0 unspecified atom stereocenters. The van der Waals surface area contributed by atoms with Crippen LogP contribution in [0.25, 0.3) is 11.0 Å². The fourth-order valence-corrected chi connectivity index (χ4v) is 5.27. The maximum atomic E-state index is 12.8. The lowest BCUT2D eigenvalue weighted by Gasteiger charge is -2.33. The highest BCUT2D eigenvalue weighted by Gasteiger charge is 2.26. The molecule has 33 heavy (non-hydrogen) atoms. The SMILES string of the molecule is O=C(CSc1nnc(N2CCN(C(=O)c3cc4ccccc4o3)CC2)s1)Nc1ccccc1. The number of fused-ring (bicyclic) bond motifs is 1. The standard InChI is InChI=1S/C23H21N5O3S2/c29-20(24-17-7-2-1-3-8-17)15-32-23-26-25-22(33-23)28-12-10-27(11-13-28)21(30)19-14-16-6-4-5-9-18(16)31-19/h1-9,14H,10-13,15H2,(H,24,29). The van der Waals surface area contributed by atoms with E-state index in [1.165, 1.54) is 23.1 Å². The van der Waals surface area contributed by atoms with Gasteiger partial charge in [-0.3, -0.25) is 9.59 Å². The Bertz CT molecular complexity index is 1230. The highest BCUT2D eigenvalue weighted by atomic mass is 32.2. The van der Waals surface area contributed by atoms with Crippen LogP contribution in [-0.2, 0) is 4.79 Å². The number of amides is 2. The lowest BCUT2D eigenvalue weighted by atomic mass is 10.2. The third-order valence-corrected chi connectivity index (χ3v) is 7.37. The van der Waals surface area contributed by atoms with E-state index in [1.807, 2.05) is 54.6 Å². The maximum Gasteiger partial charge on any atom is 0.289 e. The number of nitrogens with zero attached hydrogens (tertiary/aromatic N) is 4. The van der Waals surface area contributed by atoms with Gasteiger partial charge in [-0.2, -0.15) is 0 Å². The molecule has 1 aliphatic rings. The number of anilines is 2. The third-order valence-electron chi connectivity index (χ3n) is 5.25. The number of furan rings is 1. The average molecular weight is 480 g/mol. The van der Waals surface area contributed by atoms with Crippen molar-refractivity contribution in [2.75, 3.05) is 42.1 Å². The Morgan fingerprint density at radius 3 is 2.55 bits per heavy atom. The van der Waals surface area contributed by atoms with Gasteiger partial charge in [0.15, 0.2) is 10.1 Å². The number of carbonyl (C=O) groups excluding carboxylic acids is 2. The summed E-state index contributed by atoms with van der Waals surface area (Å²) in [5.74, 6) is 0.459. The van der Waals surface area contributed by atoms with Gasteiger partial charge in [0, 0.05) is 37.3 Å². The number of para-hydroxylation sites is 2. The Morgan fingerprint density at radius 2 is 1.76 bits per heavy atom. The van der Waals surface area contributed by atoms with E-state index in [0.29, 0.717) is 31.9 Å². The van der Waals surface area contributed by atoms with Crippen molar-refractivity contribution in [2.24, 2.45) is 0 Å². The summed E-state index contributed by atoms with van der Waals surface area (Å²) in [6.07, 6.45) is 0. The van der Waals surface area contributed by atoms with E-state index in [4.69, 9.17) is 4.42 Å². The van der Waals surface area contributed by atoms with Gasteiger partial charge < -0.3 is 19.5 Å². The lowest BCUT2D eigenvalue weighted by Crippen LogP contribution is -2.48. The molecule has 1 fully saturated rings. The minimum atomic E-state index is -0.0937. The second kappa shape index (κ2) is 9.63. The van der Waals surface area contributed by atoms with E-state index in [9.17, 15) is 9.59 Å². The predicted octanol–water partition coefficient (Wildman–Crippen LogP) is 3.98. The van der Waals surface area contributed by atoms with E-state index >= 15 is 0 Å².